The van der Waals surface area contributed by atoms with E-state index in [4.69, 9.17) is 5.73 Å². The van der Waals surface area contributed by atoms with E-state index in [1.165, 1.54) is 0 Å². The summed E-state index contributed by atoms with van der Waals surface area (Å²) in [7, 11) is 0. The van der Waals surface area contributed by atoms with Gasteiger partial charge in [-0.2, -0.15) is 0 Å². The van der Waals surface area contributed by atoms with Gasteiger partial charge in [-0.3, -0.25) is 14.4 Å². The van der Waals surface area contributed by atoms with Crippen LogP contribution in [0.15, 0.2) is 72.3 Å². The van der Waals surface area contributed by atoms with Gasteiger partial charge in [-0.05, 0) is 52.6 Å². The van der Waals surface area contributed by atoms with E-state index in [-0.39, 0.29) is 18.7 Å². The fraction of sp³-hybridized carbons (Fsp3) is 0.143. The van der Waals surface area contributed by atoms with Gasteiger partial charge in [0.2, 0.25) is 11.8 Å². The van der Waals surface area contributed by atoms with Crippen LogP contribution in [0.1, 0.15) is 32.6 Å². The molecule has 3 aromatic carbocycles. The predicted octanol–water partition coefficient (Wildman–Crippen LogP) is 2.75. The first kappa shape index (κ1) is 23.0. The van der Waals surface area contributed by atoms with Crippen molar-refractivity contribution in [3.05, 3.63) is 100 Å². The molecular weight excluding hydrogens is 458 g/mol. The molecule has 2 aliphatic rings. The van der Waals surface area contributed by atoms with Crippen LogP contribution in [0.25, 0.3) is 6.08 Å². The molecule has 3 aromatic rings. The van der Waals surface area contributed by atoms with Crippen LogP contribution in [0.2, 0.25) is 0 Å². The number of nitrogens with one attached hydrogen (secondary N) is 1. The monoisotopic (exact) mass is 481 g/mol. The first-order valence-electron chi connectivity index (χ1n) is 11.5. The van der Waals surface area contributed by atoms with Crippen molar-refractivity contribution < 1.29 is 24.3 Å². The van der Waals surface area contributed by atoms with Gasteiger partial charge in [0.05, 0.1) is 12.1 Å². The van der Waals surface area contributed by atoms with Crippen molar-refractivity contribution in [3.8, 4) is 0 Å². The first-order valence-corrected chi connectivity index (χ1v) is 11.5. The summed E-state index contributed by atoms with van der Waals surface area (Å²) in [6.45, 7) is 0. The van der Waals surface area contributed by atoms with E-state index in [2.05, 4.69) is 5.32 Å². The molecule has 5 rings (SSSR count). The molecule has 36 heavy (non-hydrogen) atoms. The van der Waals surface area contributed by atoms with E-state index >= 15 is 0 Å². The number of carboxylic acids is 1. The SMILES string of the molecule is Nc1ccc2c(c1)C(=O)N(c1ccc(C[C@H](NC(=O)C3=Cc4ccccc4C3)C(=O)O)cc1)C(=O)C2. The van der Waals surface area contributed by atoms with Gasteiger partial charge in [0.1, 0.15) is 6.04 Å². The Morgan fingerprint density at radius 1 is 0.972 bits per heavy atom. The summed E-state index contributed by atoms with van der Waals surface area (Å²) >= 11 is 0. The molecule has 1 aliphatic carbocycles. The van der Waals surface area contributed by atoms with Crippen molar-refractivity contribution in [1.82, 2.24) is 5.32 Å². The number of carbonyl (C=O) groups is 4. The minimum absolute atomic E-state index is 0.0445. The number of carbonyl (C=O) groups excluding carboxylic acids is 3. The van der Waals surface area contributed by atoms with E-state index in [0.717, 1.165) is 16.0 Å². The summed E-state index contributed by atoms with van der Waals surface area (Å²) in [5.41, 5.74) is 10.8. The van der Waals surface area contributed by atoms with E-state index in [9.17, 15) is 24.3 Å². The number of carboxylic acid groups (broad SMARTS) is 1. The van der Waals surface area contributed by atoms with E-state index in [1.54, 1.807) is 48.5 Å². The average Bonchev–Trinajstić information content (AvgIpc) is 3.30. The van der Waals surface area contributed by atoms with Crippen LogP contribution < -0.4 is 16.0 Å². The number of aliphatic carboxylic acids is 1. The highest BCUT2D eigenvalue weighted by Crippen LogP contribution is 2.28. The van der Waals surface area contributed by atoms with Crippen LogP contribution in [0.5, 0.6) is 0 Å². The highest BCUT2D eigenvalue weighted by atomic mass is 16.4. The third kappa shape index (κ3) is 4.36. The number of nitrogen functional groups attached to an aromatic ring is 1. The van der Waals surface area contributed by atoms with Gasteiger partial charge in [0.25, 0.3) is 5.91 Å². The van der Waals surface area contributed by atoms with Crippen LogP contribution >= 0.6 is 0 Å². The fourth-order valence-electron chi connectivity index (χ4n) is 4.58. The van der Waals surface area contributed by atoms with Gasteiger partial charge in [-0.1, -0.05) is 42.5 Å². The highest BCUT2D eigenvalue weighted by Gasteiger charge is 2.32. The minimum Gasteiger partial charge on any atom is -0.480 e. The molecular formula is C28H23N3O5. The number of nitrogens with two attached hydrogens (primary N) is 1. The van der Waals surface area contributed by atoms with Gasteiger partial charge in [-0.25, -0.2) is 9.69 Å². The number of fused-ring (bicyclic) bond motifs is 2. The molecule has 1 atom stereocenters. The van der Waals surface area contributed by atoms with Crippen molar-refractivity contribution in [2.45, 2.75) is 25.3 Å². The largest absolute Gasteiger partial charge is 0.480 e. The van der Waals surface area contributed by atoms with Crippen molar-refractivity contribution in [1.29, 1.82) is 0 Å². The summed E-state index contributed by atoms with van der Waals surface area (Å²) in [4.78, 5) is 51.4. The average molecular weight is 482 g/mol. The summed E-state index contributed by atoms with van der Waals surface area (Å²) < 4.78 is 0. The summed E-state index contributed by atoms with van der Waals surface area (Å²) in [5, 5.41) is 12.3. The van der Waals surface area contributed by atoms with E-state index < -0.39 is 23.8 Å². The Labute approximate surface area is 207 Å². The summed E-state index contributed by atoms with van der Waals surface area (Å²) in [6, 6.07) is 17.9. The Bertz CT molecular complexity index is 1440. The van der Waals surface area contributed by atoms with Crippen molar-refractivity contribution in [2.24, 2.45) is 0 Å². The molecule has 3 amide bonds. The highest BCUT2D eigenvalue weighted by molar-refractivity contribution is 6.24. The maximum Gasteiger partial charge on any atom is 0.326 e. The van der Waals surface area contributed by atoms with Crippen LogP contribution in [0, 0.1) is 0 Å². The van der Waals surface area contributed by atoms with E-state index in [1.807, 2.05) is 24.3 Å². The molecule has 0 saturated carbocycles. The second-order valence-electron chi connectivity index (χ2n) is 8.91. The standard InChI is InChI=1S/C28H23N3O5/c29-21-8-7-19-14-25(32)31(27(34)23(19)15-21)22-9-5-16(6-10-22)11-24(28(35)36)30-26(33)20-12-17-3-1-2-4-18(17)13-20/h1-10,12,15,24H,11,13-14,29H2,(H,30,33)(H,35,36)/t24-/m0/s1. The number of benzene rings is 3. The second kappa shape index (κ2) is 9.14. The maximum absolute atomic E-state index is 13.0. The Morgan fingerprint density at radius 2 is 1.72 bits per heavy atom. The van der Waals surface area contributed by atoms with Crippen LogP contribution in [-0.4, -0.2) is 34.8 Å². The Balaban J connectivity index is 1.29. The topological polar surface area (TPSA) is 130 Å². The van der Waals surface area contributed by atoms with Crippen LogP contribution in [-0.2, 0) is 33.6 Å². The number of imide groups is 1. The molecule has 180 valence electrons. The molecule has 0 bridgehead atoms. The molecule has 1 aliphatic heterocycles. The molecule has 8 nitrogen and oxygen atoms in total. The lowest BCUT2D eigenvalue weighted by atomic mass is 9.97. The Hall–Kier alpha value is -4.72. The van der Waals surface area contributed by atoms with Gasteiger partial charge in [0, 0.05) is 29.7 Å². The first-order chi connectivity index (χ1) is 17.3. The summed E-state index contributed by atoms with van der Waals surface area (Å²) in [5.74, 6) is -2.38. The van der Waals surface area contributed by atoms with Gasteiger partial charge in [0.15, 0.2) is 0 Å². The number of nitrogens with zero attached hydrogens (tertiary/aromatic N) is 1. The molecule has 0 fully saturated rings. The minimum atomic E-state index is -1.15. The zero-order valence-electron chi connectivity index (χ0n) is 19.2. The van der Waals surface area contributed by atoms with Crippen molar-refractivity contribution in [3.63, 3.8) is 0 Å². The molecule has 8 heteroatoms. The number of anilines is 2. The lowest BCUT2D eigenvalue weighted by molar-refractivity contribution is -0.141. The molecule has 0 aromatic heterocycles. The predicted molar refractivity (Wildman–Crippen MR) is 134 cm³/mol. The third-order valence-electron chi connectivity index (χ3n) is 6.45. The molecule has 4 N–H and O–H groups in total. The lowest BCUT2D eigenvalue weighted by Gasteiger charge is -2.27. The van der Waals surface area contributed by atoms with Gasteiger partial charge >= 0.3 is 5.97 Å². The Morgan fingerprint density at radius 3 is 2.44 bits per heavy atom. The second-order valence-corrected chi connectivity index (χ2v) is 8.91. The molecule has 0 unspecified atom stereocenters. The molecule has 0 radical (unpaired) electrons. The van der Waals surface area contributed by atoms with Crippen molar-refractivity contribution in [2.75, 3.05) is 10.6 Å². The Kier molecular flexibility index (Phi) is 5.85. The van der Waals surface area contributed by atoms with E-state index in [0.29, 0.717) is 40.1 Å². The normalized spacial score (nSPS) is 15.1. The quantitative estimate of drug-likeness (QED) is 0.367. The van der Waals surface area contributed by atoms with Crippen LogP contribution in [0.3, 0.4) is 0 Å². The van der Waals surface area contributed by atoms with Crippen LogP contribution in [0.4, 0.5) is 11.4 Å². The zero-order chi connectivity index (χ0) is 25.4. The number of hydrogen-bond donors (Lipinski definition) is 3. The number of rotatable bonds is 6. The summed E-state index contributed by atoms with van der Waals surface area (Å²) in [6.07, 6.45) is 2.35. The lowest BCUT2D eigenvalue weighted by Crippen LogP contribution is -2.43. The molecule has 1 heterocycles. The number of hydrogen-bond acceptors (Lipinski definition) is 5. The van der Waals surface area contributed by atoms with Crippen molar-refractivity contribution >= 4 is 41.1 Å². The van der Waals surface area contributed by atoms with Gasteiger partial charge < -0.3 is 16.2 Å². The fourth-order valence-corrected chi connectivity index (χ4v) is 4.58. The molecule has 0 saturated heterocycles. The maximum atomic E-state index is 13.0. The number of amides is 3. The molecule has 0 spiro atoms. The third-order valence-corrected chi connectivity index (χ3v) is 6.45. The zero-order valence-corrected chi connectivity index (χ0v) is 19.2. The van der Waals surface area contributed by atoms with Gasteiger partial charge in [-0.15, -0.1) is 0 Å². The smallest absolute Gasteiger partial charge is 0.326 e.